The molecule has 32 heavy (non-hydrogen) atoms. The molecular formula is C26H22O6. The van der Waals surface area contributed by atoms with Crippen LogP contribution >= 0.6 is 0 Å². The molecule has 1 aliphatic heterocycles. The van der Waals surface area contributed by atoms with Gasteiger partial charge in [0, 0.05) is 5.56 Å². The highest BCUT2D eigenvalue weighted by Gasteiger charge is 2.30. The van der Waals surface area contributed by atoms with Crippen LogP contribution < -0.4 is 18.9 Å². The number of hydrogen-bond acceptors (Lipinski definition) is 6. The minimum atomic E-state index is -0.509. The second kappa shape index (κ2) is 8.98. The number of benzene rings is 3. The number of carbonyl (C=O) groups is 2. The van der Waals surface area contributed by atoms with E-state index in [1.165, 1.54) is 0 Å². The SMILES string of the molecule is CCOc1ccc(/C=C2\Oc3c(ccc(OC(=O)c4ccc(OC)cc4)c3C)C2=O)cc1. The van der Waals surface area contributed by atoms with Gasteiger partial charge in [-0.25, -0.2) is 4.79 Å². The topological polar surface area (TPSA) is 71.1 Å². The maximum absolute atomic E-state index is 12.8. The molecule has 4 rings (SSSR count). The van der Waals surface area contributed by atoms with Gasteiger partial charge < -0.3 is 18.9 Å². The third-order valence-corrected chi connectivity index (χ3v) is 5.05. The number of ketones is 1. The lowest BCUT2D eigenvalue weighted by molar-refractivity contribution is 0.0733. The minimum absolute atomic E-state index is 0.214. The van der Waals surface area contributed by atoms with Crippen LogP contribution in [0.15, 0.2) is 66.4 Å². The van der Waals surface area contributed by atoms with E-state index in [-0.39, 0.29) is 11.5 Å². The number of fused-ring (bicyclic) bond motifs is 1. The van der Waals surface area contributed by atoms with Crippen molar-refractivity contribution < 1.29 is 28.5 Å². The molecule has 0 spiro atoms. The molecule has 0 aromatic heterocycles. The van der Waals surface area contributed by atoms with Gasteiger partial charge in [-0.05, 0) is 74.0 Å². The first-order valence-electron chi connectivity index (χ1n) is 10.2. The lowest BCUT2D eigenvalue weighted by atomic mass is 10.1. The smallest absolute Gasteiger partial charge is 0.343 e. The Morgan fingerprint density at radius 1 is 0.969 bits per heavy atom. The monoisotopic (exact) mass is 430 g/mol. The number of allylic oxidation sites excluding steroid dienone is 1. The average molecular weight is 430 g/mol. The summed E-state index contributed by atoms with van der Waals surface area (Å²) < 4.78 is 22.0. The quantitative estimate of drug-likeness (QED) is 0.303. The summed E-state index contributed by atoms with van der Waals surface area (Å²) in [6, 6.07) is 17.2. The minimum Gasteiger partial charge on any atom is -0.497 e. The second-order valence-electron chi connectivity index (χ2n) is 7.13. The summed E-state index contributed by atoms with van der Waals surface area (Å²) in [7, 11) is 1.56. The Hall–Kier alpha value is -4.06. The van der Waals surface area contributed by atoms with E-state index in [1.807, 2.05) is 31.2 Å². The Morgan fingerprint density at radius 3 is 2.31 bits per heavy atom. The number of Topliss-reactive ketones (excluding diaryl/α,β-unsaturated/α-hetero) is 1. The van der Waals surface area contributed by atoms with Gasteiger partial charge in [0.05, 0.1) is 24.8 Å². The van der Waals surface area contributed by atoms with Crippen molar-refractivity contribution in [1.82, 2.24) is 0 Å². The van der Waals surface area contributed by atoms with E-state index in [0.29, 0.717) is 40.5 Å². The molecule has 162 valence electrons. The number of ether oxygens (including phenoxy) is 4. The van der Waals surface area contributed by atoms with Crippen molar-refractivity contribution in [2.24, 2.45) is 0 Å². The van der Waals surface area contributed by atoms with Crippen molar-refractivity contribution in [2.45, 2.75) is 13.8 Å². The third kappa shape index (κ3) is 4.21. The molecule has 0 unspecified atom stereocenters. The Kier molecular flexibility index (Phi) is 5.94. The Morgan fingerprint density at radius 2 is 1.66 bits per heavy atom. The van der Waals surface area contributed by atoms with Gasteiger partial charge in [-0.3, -0.25) is 4.79 Å². The van der Waals surface area contributed by atoms with Crippen LogP contribution in [-0.4, -0.2) is 25.5 Å². The Labute approximate surface area is 186 Å². The van der Waals surface area contributed by atoms with E-state index in [1.54, 1.807) is 56.5 Å². The van der Waals surface area contributed by atoms with Crippen molar-refractivity contribution in [1.29, 1.82) is 0 Å². The van der Waals surface area contributed by atoms with Crippen molar-refractivity contribution in [2.75, 3.05) is 13.7 Å². The Bertz CT molecular complexity index is 1190. The van der Waals surface area contributed by atoms with Crippen LogP contribution in [0, 0.1) is 6.92 Å². The van der Waals surface area contributed by atoms with Gasteiger partial charge in [-0.1, -0.05) is 12.1 Å². The summed E-state index contributed by atoms with van der Waals surface area (Å²) >= 11 is 0. The first-order valence-corrected chi connectivity index (χ1v) is 10.2. The number of carbonyl (C=O) groups excluding carboxylic acids is 2. The zero-order valence-electron chi connectivity index (χ0n) is 18.0. The third-order valence-electron chi connectivity index (χ3n) is 5.05. The van der Waals surface area contributed by atoms with E-state index in [2.05, 4.69) is 0 Å². The van der Waals surface area contributed by atoms with Crippen LogP contribution in [0.25, 0.3) is 6.08 Å². The molecule has 3 aromatic carbocycles. The first kappa shape index (κ1) is 21.2. The fourth-order valence-corrected chi connectivity index (χ4v) is 3.34. The number of hydrogen-bond donors (Lipinski definition) is 0. The maximum atomic E-state index is 12.8. The van der Waals surface area contributed by atoms with Crippen LogP contribution in [0.2, 0.25) is 0 Å². The van der Waals surface area contributed by atoms with Crippen LogP contribution in [0.4, 0.5) is 0 Å². The Balaban J connectivity index is 1.54. The van der Waals surface area contributed by atoms with Gasteiger partial charge in [0.2, 0.25) is 5.78 Å². The van der Waals surface area contributed by atoms with E-state index in [0.717, 1.165) is 11.3 Å². The highest BCUT2D eigenvalue weighted by atomic mass is 16.5. The van der Waals surface area contributed by atoms with Gasteiger partial charge in [-0.15, -0.1) is 0 Å². The van der Waals surface area contributed by atoms with E-state index in [4.69, 9.17) is 18.9 Å². The molecule has 0 saturated heterocycles. The lowest BCUT2D eigenvalue weighted by Gasteiger charge is -2.10. The van der Waals surface area contributed by atoms with Gasteiger partial charge in [-0.2, -0.15) is 0 Å². The number of esters is 1. The molecule has 0 aliphatic carbocycles. The molecule has 6 nitrogen and oxygen atoms in total. The van der Waals surface area contributed by atoms with Gasteiger partial charge in [0.1, 0.15) is 23.0 Å². The average Bonchev–Trinajstić information content (AvgIpc) is 3.13. The maximum Gasteiger partial charge on any atom is 0.343 e. The molecule has 6 heteroatoms. The molecule has 0 amide bonds. The summed E-state index contributed by atoms with van der Waals surface area (Å²) in [4.78, 5) is 25.3. The summed E-state index contributed by atoms with van der Waals surface area (Å²) in [5, 5.41) is 0. The molecule has 1 aliphatic rings. The molecule has 1 heterocycles. The fourth-order valence-electron chi connectivity index (χ4n) is 3.34. The highest BCUT2D eigenvalue weighted by Crippen LogP contribution is 2.39. The van der Waals surface area contributed by atoms with E-state index < -0.39 is 5.97 Å². The molecule has 0 N–H and O–H groups in total. The predicted octanol–water partition coefficient (Wildman–Crippen LogP) is 5.24. The second-order valence-corrected chi connectivity index (χ2v) is 7.13. The molecular weight excluding hydrogens is 408 g/mol. The highest BCUT2D eigenvalue weighted by molar-refractivity contribution is 6.15. The largest absolute Gasteiger partial charge is 0.497 e. The van der Waals surface area contributed by atoms with Crippen LogP contribution in [0.1, 0.15) is 38.8 Å². The van der Waals surface area contributed by atoms with Crippen molar-refractivity contribution >= 4 is 17.8 Å². The summed E-state index contributed by atoms with van der Waals surface area (Å²) in [5.74, 6) is 1.62. The van der Waals surface area contributed by atoms with Crippen LogP contribution in [0.5, 0.6) is 23.0 Å². The number of methoxy groups -OCH3 is 1. The standard InChI is InChI=1S/C26H22O6/c1-4-30-20-9-5-17(6-10-20)15-23-24(27)21-13-14-22(16(2)25(21)31-23)32-26(28)18-7-11-19(29-3)12-8-18/h5-15H,4H2,1-3H3/b23-15-. The van der Waals surface area contributed by atoms with Crippen LogP contribution in [0.3, 0.4) is 0 Å². The fraction of sp³-hybridized carbons (Fsp3) is 0.154. The zero-order valence-corrected chi connectivity index (χ0v) is 18.0. The normalized spacial score (nSPS) is 13.5. The molecule has 0 radical (unpaired) electrons. The lowest BCUT2D eigenvalue weighted by Crippen LogP contribution is -2.09. The predicted molar refractivity (Wildman–Crippen MR) is 120 cm³/mol. The number of rotatable bonds is 6. The molecule has 0 bridgehead atoms. The van der Waals surface area contributed by atoms with Crippen molar-refractivity contribution in [3.05, 3.63) is 88.7 Å². The molecule has 0 saturated carbocycles. The van der Waals surface area contributed by atoms with E-state index in [9.17, 15) is 9.59 Å². The van der Waals surface area contributed by atoms with E-state index >= 15 is 0 Å². The van der Waals surface area contributed by atoms with Crippen molar-refractivity contribution in [3.8, 4) is 23.0 Å². The molecule has 0 fully saturated rings. The van der Waals surface area contributed by atoms with Crippen molar-refractivity contribution in [3.63, 3.8) is 0 Å². The summed E-state index contributed by atoms with van der Waals surface area (Å²) in [6.45, 7) is 4.26. The van der Waals surface area contributed by atoms with Gasteiger partial charge >= 0.3 is 5.97 Å². The summed E-state index contributed by atoms with van der Waals surface area (Å²) in [6.07, 6.45) is 1.68. The molecule has 0 atom stereocenters. The van der Waals surface area contributed by atoms with Gasteiger partial charge in [0.25, 0.3) is 0 Å². The summed E-state index contributed by atoms with van der Waals surface area (Å²) in [5.41, 5.74) is 2.21. The van der Waals surface area contributed by atoms with Crippen LogP contribution in [-0.2, 0) is 0 Å². The van der Waals surface area contributed by atoms with Gasteiger partial charge in [0.15, 0.2) is 5.76 Å². The zero-order chi connectivity index (χ0) is 22.7. The first-order chi connectivity index (χ1) is 15.5. The molecule has 3 aromatic rings.